The average Bonchev–Trinajstić information content (AvgIpc) is 2.52. The van der Waals surface area contributed by atoms with Crippen LogP contribution in [0.25, 0.3) is 0 Å². The van der Waals surface area contributed by atoms with Gasteiger partial charge in [-0.2, -0.15) is 0 Å². The first-order valence-electron chi connectivity index (χ1n) is 8.23. The number of nitrogens with one attached hydrogen (secondary N) is 2. The molecule has 0 aliphatic rings. The van der Waals surface area contributed by atoms with E-state index in [-0.39, 0.29) is 34.9 Å². The molecule has 0 saturated carbocycles. The zero-order chi connectivity index (χ0) is 19.1. The molecule has 0 fully saturated rings. The Kier molecular flexibility index (Phi) is 7.90. The third-order valence-corrected chi connectivity index (χ3v) is 3.95. The molecule has 3 N–H and O–H groups in total. The van der Waals surface area contributed by atoms with Crippen LogP contribution in [0.4, 0.5) is 5.69 Å². The van der Waals surface area contributed by atoms with Gasteiger partial charge in [-0.15, -0.1) is 0 Å². The van der Waals surface area contributed by atoms with Crippen LogP contribution < -0.4 is 10.6 Å². The van der Waals surface area contributed by atoms with Crippen molar-refractivity contribution in [2.45, 2.75) is 34.1 Å². The number of carboxylic acid groups (broad SMARTS) is 1. The maximum Gasteiger partial charge on any atom is 0.308 e. The van der Waals surface area contributed by atoms with Crippen LogP contribution in [0, 0.1) is 17.8 Å². The van der Waals surface area contributed by atoms with E-state index in [0.717, 1.165) is 0 Å². The molecule has 1 atom stereocenters. The van der Waals surface area contributed by atoms with Gasteiger partial charge in [-0.05, 0) is 30.5 Å². The van der Waals surface area contributed by atoms with Gasteiger partial charge >= 0.3 is 5.97 Å². The number of carbonyl (C=O) groups excluding carboxylic acids is 2. The molecule has 0 aromatic heterocycles. The Balaban J connectivity index is 2.83. The van der Waals surface area contributed by atoms with Crippen LogP contribution in [0.15, 0.2) is 18.2 Å². The van der Waals surface area contributed by atoms with Gasteiger partial charge in [0.2, 0.25) is 5.91 Å². The van der Waals surface area contributed by atoms with Gasteiger partial charge in [0, 0.05) is 18.2 Å². The highest BCUT2D eigenvalue weighted by molar-refractivity contribution is 6.34. The number of carbonyl (C=O) groups is 3. The van der Waals surface area contributed by atoms with E-state index in [1.165, 1.54) is 12.1 Å². The van der Waals surface area contributed by atoms with Gasteiger partial charge in [0.15, 0.2) is 0 Å². The molecule has 1 aromatic carbocycles. The van der Waals surface area contributed by atoms with E-state index in [4.69, 9.17) is 11.6 Å². The molecule has 0 aliphatic carbocycles. The average molecular weight is 369 g/mol. The maximum absolute atomic E-state index is 12.3. The van der Waals surface area contributed by atoms with Crippen LogP contribution in [0.5, 0.6) is 0 Å². The summed E-state index contributed by atoms with van der Waals surface area (Å²) in [5.74, 6) is -2.24. The van der Waals surface area contributed by atoms with E-state index in [0.29, 0.717) is 12.1 Å². The summed E-state index contributed by atoms with van der Waals surface area (Å²) in [6, 6.07) is 4.61. The highest BCUT2D eigenvalue weighted by atomic mass is 35.5. The standard InChI is InChI=1S/C18H25ClN2O4/c1-10(2)7-12(18(24)25)9-20-17(23)14-8-13(5-6-15(14)19)21-16(22)11(3)4/h5-6,8,10-12H,7,9H2,1-4H3,(H,20,23)(H,21,22)(H,24,25). The van der Waals surface area contributed by atoms with Crippen molar-refractivity contribution in [3.05, 3.63) is 28.8 Å². The predicted molar refractivity (Wildman–Crippen MR) is 97.8 cm³/mol. The van der Waals surface area contributed by atoms with Crippen molar-refractivity contribution >= 4 is 35.1 Å². The molecule has 1 rings (SSSR count). The van der Waals surface area contributed by atoms with Crippen molar-refractivity contribution < 1.29 is 19.5 Å². The minimum atomic E-state index is -0.946. The van der Waals surface area contributed by atoms with Crippen LogP contribution >= 0.6 is 11.6 Å². The molecule has 138 valence electrons. The normalized spacial score (nSPS) is 12.1. The Labute approximate surface area is 152 Å². The number of rotatable bonds is 8. The van der Waals surface area contributed by atoms with Gasteiger partial charge in [0.05, 0.1) is 16.5 Å². The number of anilines is 1. The molecule has 0 aliphatic heterocycles. The number of benzene rings is 1. The number of hydrogen-bond donors (Lipinski definition) is 3. The minimum absolute atomic E-state index is 0.0191. The lowest BCUT2D eigenvalue weighted by Gasteiger charge is -2.16. The van der Waals surface area contributed by atoms with Crippen molar-refractivity contribution in [1.82, 2.24) is 5.32 Å². The molecular formula is C18H25ClN2O4. The lowest BCUT2D eigenvalue weighted by molar-refractivity contribution is -0.142. The summed E-state index contributed by atoms with van der Waals surface area (Å²) in [4.78, 5) is 35.4. The lowest BCUT2D eigenvalue weighted by Crippen LogP contribution is -2.33. The molecular weight excluding hydrogens is 344 g/mol. The van der Waals surface area contributed by atoms with E-state index >= 15 is 0 Å². The number of aliphatic carboxylic acids is 1. The lowest BCUT2D eigenvalue weighted by atomic mass is 9.97. The smallest absolute Gasteiger partial charge is 0.308 e. The third-order valence-electron chi connectivity index (χ3n) is 3.62. The second-order valence-corrected chi connectivity index (χ2v) is 7.12. The number of hydrogen-bond acceptors (Lipinski definition) is 3. The molecule has 0 spiro atoms. The zero-order valence-corrected chi connectivity index (χ0v) is 15.7. The first-order valence-corrected chi connectivity index (χ1v) is 8.61. The fourth-order valence-corrected chi connectivity index (χ4v) is 2.42. The first-order chi connectivity index (χ1) is 11.6. The van der Waals surface area contributed by atoms with Gasteiger partial charge in [-0.25, -0.2) is 0 Å². The SMILES string of the molecule is CC(C)CC(CNC(=O)c1cc(NC(=O)C(C)C)ccc1Cl)C(=O)O. The monoisotopic (exact) mass is 368 g/mol. The molecule has 25 heavy (non-hydrogen) atoms. The Morgan fingerprint density at radius 3 is 2.32 bits per heavy atom. The summed E-state index contributed by atoms with van der Waals surface area (Å²) in [5.41, 5.74) is 0.655. The summed E-state index contributed by atoms with van der Waals surface area (Å²) in [5, 5.41) is 14.8. The number of halogens is 1. The molecule has 2 amide bonds. The van der Waals surface area contributed by atoms with E-state index in [1.54, 1.807) is 19.9 Å². The topological polar surface area (TPSA) is 95.5 Å². The van der Waals surface area contributed by atoms with Gasteiger partial charge < -0.3 is 15.7 Å². The summed E-state index contributed by atoms with van der Waals surface area (Å²) in [7, 11) is 0. The second kappa shape index (κ2) is 9.42. The van der Waals surface area contributed by atoms with Crippen LogP contribution in [-0.2, 0) is 9.59 Å². The molecule has 0 bridgehead atoms. The van der Waals surface area contributed by atoms with Crippen molar-refractivity contribution in [3.8, 4) is 0 Å². The van der Waals surface area contributed by atoms with Crippen LogP contribution in [0.3, 0.4) is 0 Å². The fourth-order valence-electron chi connectivity index (χ4n) is 2.22. The Morgan fingerprint density at radius 1 is 1.16 bits per heavy atom. The Morgan fingerprint density at radius 2 is 1.80 bits per heavy atom. The summed E-state index contributed by atoms with van der Waals surface area (Å²) < 4.78 is 0. The molecule has 7 heteroatoms. The highest BCUT2D eigenvalue weighted by Crippen LogP contribution is 2.21. The van der Waals surface area contributed by atoms with Crippen LogP contribution in [0.1, 0.15) is 44.5 Å². The quantitative estimate of drug-likeness (QED) is 0.655. The molecule has 0 saturated heterocycles. The van der Waals surface area contributed by atoms with Crippen LogP contribution in [0.2, 0.25) is 5.02 Å². The molecule has 1 unspecified atom stereocenters. The number of amides is 2. The van der Waals surface area contributed by atoms with Gasteiger partial charge in [-0.3, -0.25) is 14.4 Å². The van der Waals surface area contributed by atoms with Gasteiger partial charge in [0.25, 0.3) is 5.91 Å². The van der Waals surface area contributed by atoms with Crippen molar-refractivity contribution in [2.75, 3.05) is 11.9 Å². The summed E-state index contributed by atoms with van der Waals surface area (Å²) >= 11 is 6.06. The Hall–Kier alpha value is -2.08. The van der Waals surface area contributed by atoms with Gasteiger partial charge in [-0.1, -0.05) is 39.3 Å². The Bertz CT molecular complexity index is 644. The summed E-state index contributed by atoms with van der Waals surface area (Å²) in [6.45, 7) is 7.40. The van der Waals surface area contributed by atoms with E-state index < -0.39 is 17.8 Å². The van der Waals surface area contributed by atoms with Crippen LogP contribution in [-0.4, -0.2) is 29.4 Å². The van der Waals surface area contributed by atoms with E-state index in [9.17, 15) is 19.5 Å². The number of carboxylic acids is 1. The maximum atomic E-state index is 12.3. The zero-order valence-electron chi connectivity index (χ0n) is 14.9. The minimum Gasteiger partial charge on any atom is -0.481 e. The predicted octanol–water partition coefficient (Wildman–Crippen LogP) is 3.41. The molecule has 1 aromatic rings. The third kappa shape index (κ3) is 6.74. The van der Waals surface area contributed by atoms with E-state index in [1.807, 2.05) is 13.8 Å². The molecule has 6 nitrogen and oxygen atoms in total. The highest BCUT2D eigenvalue weighted by Gasteiger charge is 2.21. The van der Waals surface area contributed by atoms with E-state index in [2.05, 4.69) is 10.6 Å². The van der Waals surface area contributed by atoms with Crippen molar-refractivity contribution in [1.29, 1.82) is 0 Å². The van der Waals surface area contributed by atoms with Crippen molar-refractivity contribution in [3.63, 3.8) is 0 Å². The van der Waals surface area contributed by atoms with Crippen molar-refractivity contribution in [2.24, 2.45) is 17.8 Å². The molecule has 0 radical (unpaired) electrons. The summed E-state index contributed by atoms with van der Waals surface area (Å²) in [6.07, 6.45) is 0.466. The molecule has 0 heterocycles. The largest absolute Gasteiger partial charge is 0.481 e. The second-order valence-electron chi connectivity index (χ2n) is 6.71. The fraction of sp³-hybridized carbons (Fsp3) is 0.500. The first kappa shape index (κ1) is 21.0. The van der Waals surface area contributed by atoms with Gasteiger partial charge in [0.1, 0.15) is 0 Å².